The molecular formula is C17H27N3O. The highest BCUT2D eigenvalue weighted by molar-refractivity contribution is 5.99. The van der Waals surface area contributed by atoms with Gasteiger partial charge in [-0.3, -0.25) is 14.8 Å². The zero-order valence-electron chi connectivity index (χ0n) is 13.5. The molecule has 0 saturated carbocycles. The first-order valence-corrected chi connectivity index (χ1v) is 7.79. The van der Waals surface area contributed by atoms with Gasteiger partial charge in [-0.15, -0.1) is 0 Å². The Morgan fingerprint density at radius 3 is 2.52 bits per heavy atom. The second-order valence-electron chi connectivity index (χ2n) is 5.48. The van der Waals surface area contributed by atoms with Crippen LogP contribution in [0.1, 0.15) is 52.0 Å². The molecular weight excluding hydrogens is 262 g/mol. The molecule has 116 valence electrons. The molecule has 1 heterocycles. The largest absolute Gasteiger partial charge is 0.300 e. The first-order chi connectivity index (χ1) is 10.1. The summed E-state index contributed by atoms with van der Waals surface area (Å²) in [6, 6.07) is 4.08. The number of hydrazone groups is 1. The molecule has 0 aliphatic rings. The van der Waals surface area contributed by atoms with Gasteiger partial charge in [0.15, 0.2) is 0 Å². The van der Waals surface area contributed by atoms with Crippen LogP contribution in [0, 0.1) is 0 Å². The molecule has 0 saturated heterocycles. The van der Waals surface area contributed by atoms with Crippen LogP contribution >= 0.6 is 0 Å². The van der Waals surface area contributed by atoms with Gasteiger partial charge < -0.3 is 0 Å². The van der Waals surface area contributed by atoms with Crippen LogP contribution in [0.25, 0.3) is 0 Å². The Morgan fingerprint density at radius 1 is 1.19 bits per heavy atom. The number of rotatable bonds is 10. The Kier molecular flexibility index (Phi) is 8.32. The lowest BCUT2D eigenvalue weighted by Crippen LogP contribution is -2.23. The van der Waals surface area contributed by atoms with E-state index in [4.69, 9.17) is 0 Å². The van der Waals surface area contributed by atoms with E-state index in [2.05, 4.69) is 22.0 Å². The summed E-state index contributed by atoms with van der Waals surface area (Å²) < 4.78 is 0. The number of pyridine rings is 1. The molecule has 1 rings (SSSR count). The highest BCUT2D eigenvalue weighted by atomic mass is 16.1. The molecule has 1 aromatic heterocycles. The molecule has 0 spiro atoms. The fraction of sp³-hybridized carbons (Fsp3) is 0.588. The van der Waals surface area contributed by atoms with Crippen molar-refractivity contribution < 1.29 is 4.79 Å². The van der Waals surface area contributed by atoms with Crippen LogP contribution in [0.4, 0.5) is 0 Å². The summed E-state index contributed by atoms with van der Waals surface area (Å²) in [4.78, 5) is 15.2. The second kappa shape index (κ2) is 10.1. The molecule has 0 unspecified atom stereocenters. The van der Waals surface area contributed by atoms with Crippen molar-refractivity contribution in [2.45, 2.75) is 52.9 Å². The summed E-state index contributed by atoms with van der Waals surface area (Å²) in [6.45, 7) is 7.57. The van der Waals surface area contributed by atoms with Gasteiger partial charge in [0.05, 0.1) is 0 Å². The first kappa shape index (κ1) is 17.3. The smallest absolute Gasteiger partial charge is 0.135 e. The van der Waals surface area contributed by atoms with Crippen LogP contribution in [-0.2, 0) is 11.2 Å². The number of ketones is 1. The third kappa shape index (κ3) is 8.23. The molecule has 21 heavy (non-hydrogen) atoms. The fourth-order valence-electron chi connectivity index (χ4n) is 2.20. The van der Waals surface area contributed by atoms with Gasteiger partial charge >= 0.3 is 0 Å². The van der Waals surface area contributed by atoms with Crippen molar-refractivity contribution in [2.24, 2.45) is 5.10 Å². The lowest BCUT2D eigenvalue weighted by molar-refractivity contribution is -0.115. The number of unbranched alkanes of at least 4 members (excludes halogenated alkanes) is 2. The Morgan fingerprint density at radius 2 is 1.90 bits per heavy atom. The van der Waals surface area contributed by atoms with Crippen LogP contribution in [0.15, 0.2) is 29.6 Å². The monoisotopic (exact) mass is 289 g/mol. The van der Waals surface area contributed by atoms with Gasteiger partial charge in [-0.1, -0.05) is 19.8 Å². The van der Waals surface area contributed by atoms with Gasteiger partial charge in [-0.2, -0.15) is 5.10 Å². The van der Waals surface area contributed by atoms with E-state index in [-0.39, 0.29) is 5.78 Å². The topological polar surface area (TPSA) is 45.6 Å². The molecule has 4 heteroatoms. The molecule has 0 N–H and O–H groups in total. The van der Waals surface area contributed by atoms with Crippen molar-refractivity contribution in [1.29, 1.82) is 0 Å². The Balaban J connectivity index is 2.56. The zero-order valence-corrected chi connectivity index (χ0v) is 13.5. The van der Waals surface area contributed by atoms with E-state index >= 15 is 0 Å². The third-order valence-electron chi connectivity index (χ3n) is 3.24. The quantitative estimate of drug-likeness (QED) is 0.376. The Hall–Kier alpha value is -1.71. The standard InChI is InChI=1S/C17H27N3O/c1-4-5-6-12-20(19-15(2)14-16(3)21)13-9-17-7-10-18-11-8-17/h7-8,10-11H,4-6,9,12-14H2,1-3H3. The predicted molar refractivity (Wildman–Crippen MR) is 87.4 cm³/mol. The van der Waals surface area contributed by atoms with E-state index < -0.39 is 0 Å². The maximum Gasteiger partial charge on any atom is 0.135 e. The van der Waals surface area contributed by atoms with Gasteiger partial charge in [-0.25, -0.2) is 0 Å². The van der Waals surface area contributed by atoms with Gasteiger partial charge in [-0.05, 0) is 44.4 Å². The average Bonchev–Trinajstić information content (AvgIpc) is 2.45. The van der Waals surface area contributed by atoms with Crippen molar-refractivity contribution >= 4 is 11.5 Å². The molecule has 0 radical (unpaired) electrons. The third-order valence-corrected chi connectivity index (χ3v) is 3.24. The van der Waals surface area contributed by atoms with E-state index in [1.807, 2.05) is 31.5 Å². The summed E-state index contributed by atoms with van der Waals surface area (Å²) in [7, 11) is 0. The number of hydrogen-bond acceptors (Lipinski definition) is 4. The second-order valence-corrected chi connectivity index (χ2v) is 5.48. The van der Waals surface area contributed by atoms with Crippen LogP contribution in [0.3, 0.4) is 0 Å². The number of carbonyl (C=O) groups is 1. The summed E-state index contributed by atoms with van der Waals surface area (Å²) in [5.41, 5.74) is 2.17. The molecule has 0 amide bonds. The van der Waals surface area contributed by atoms with Crippen molar-refractivity contribution in [3.8, 4) is 0 Å². The van der Waals surface area contributed by atoms with Gasteiger partial charge in [0, 0.05) is 37.6 Å². The van der Waals surface area contributed by atoms with Gasteiger partial charge in [0.25, 0.3) is 0 Å². The van der Waals surface area contributed by atoms with Gasteiger partial charge in [0.2, 0.25) is 0 Å². The van der Waals surface area contributed by atoms with E-state index in [9.17, 15) is 4.79 Å². The summed E-state index contributed by atoms with van der Waals surface area (Å²) in [5.74, 6) is 0.166. The van der Waals surface area contributed by atoms with E-state index in [0.717, 1.165) is 31.6 Å². The highest BCUT2D eigenvalue weighted by Crippen LogP contribution is 2.05. The summed E-state index contributed by atoms with van der Waals surface area (Å²) in [5, 5.41) is 6.72. The molecule has 4 nitrogen and oxygen atoms in total. The molecule has 0 fully saturated rings. The normalized spacial score (nSPS) is 11.5. The van der Waals surface area contributed by atoms with Crippen LogP contribution in [-0.4, -0.2) is 34.6 Å². The average molecular weight is 289 g/mol. The van der Waals surface area contributed by atoms with Crippen molar-refractivity contribution in [1.82, 2.24) is 9.99 Å². The van der Waals surface area contributed by atoms with Crippen molar-refractivity contribution in [3.63, 3.8) is 0 Å². The molecule has 0 aliphatic heterocycles. The van der Waals surface area contributed by atoms with E-state index in [1.165, 1.54) is 18.4 Å². The van der Waals surface area contributed by atoms with E-state index in [1.54, 1.807) is 6.92 Å². The zero-order chi connectivity index (χ0) is 15.5. The maximum atomic E-state index is 11.2. The minimum absolute atomic E-state index is 0.166. The van der Waals surface area contributed by atoms with Crippen LogP contribution < -0.4 is 0 Å². The summed E-state index contributed by atoms with van der Waals surface area (Å²) >= 11 is 0. The minimum Gasteiger partial charge on any atom is -0.300 e. The number of carbonyl (C=O) groups excluding carboxylic acids is 1. The Bertz CT molecular complexity index is 443. The fourth-order valence-corrected chi connectivity index (χ4v) is 2.20. The molecule has 0 aliphatic carbocycles. The number of Topliss-reactive ketones (excluding diaryl/α,β-unsaturated/α-hetero) is 1. The number of hydrogen-bond donors (Lipinski definition) is 0. The van der Waals surface area contributed by atoms with Crippen LogP contribution in [0.5, 0.6) is 0 Å². The molecule has 1 aromatic rings. The highest BCUT2D eigenvalue weighted by Gasteiger charge is 2.05. The van der Waals surface area contributed by atoms with Crippen molar-refractivity contribution in [2.75, 3.05) is 13.1 Å². The lowest BCUT2D eigenvalue weighted by atomic mass is 10.2. The number of nitrogens with zero attached hydrogens (tertiary/aromatic N) is 3. The molecule has 0 atom stereocenters. The maximum absolute atomic E-state index is 11.2. The lowest BCUT2D eigenvalue weighted by Gasteiger charge is -2.20. The van der Waals surface area contributed by atoms with Crippen molar-refractivity contribution in [3.05, 3.63) is 30.1 Å². The molecule has 0 bridgehead atoms. The van der Waals surface area contributed by atoms with E-state index in [0.29, 0.717) is 6.42 Å². The SMILES string of the molecule is CCCCCN(CCc1ccncc1)N=C(C)CC(C)=O. The molecule has 0 aromatic carbocycles. The van der Waals surface area contributed by atoms with Crippen LogP contribution in [0.2, 0.25) is 0 Å². The predicted octanol–water partition coefficient (Wildman–Crippen LogP) is 3.47. The van der Waals surface area contributed by atoms with Gasteiger partial charge in [0.1, 0.15) is 5.78 Å². The summed E-state index contributed by atoms with van der Waals surface area (Å²) in [6.07, 6.45) is 8.60. The Labute approximate surface area is 128 Å². The number of aromatic nitrogens is 1. The first-order valence-electron chi connectivity index (χ1n) is 7.79. The minimum atomic E-state index is 0.166.